The molecular formula is C12H4F13IO. The summed E-state index contributed by atoms with van der Waals surface area (Å²) in [6.07, 6.45) is -14.0. The fourth-order valence-electron chi connectivity index (χ4n) is 1.48. The molecule has 156 valence electrons. The van der Waals surface area contributed by atoms with Gasteiger partial charge in [-0.05, 0) is 34.7 Å². The second-order valence-corrected chi connectivity index (χ2v) is 6.01. The summed E-state index contributed by atoms with van der Waals surface area (Å²) in [5, 5.41) is 0. The molecule has 0 aromatic heterocycles. The Labute approximate surface area is 154 Å². The summed E-state index contributed by atoms with van der Waals surface area (Å²) in [4.78, 5) is 0. The van der Waals surface area contributed by atoms with Crippen molar-refractivity contribution in [1.82, 2.24) is 0 Å². The zero-order chi connectivity index (χ0) is 21.7. The van der Waals surface area contributed by atoms with Gasteiger partial charge >= 0.3 is 36.0 Å². The van der Waals surface area contributed by atoms with Crippen molar-refractivity contribution in [3.8, 4) is 5.75 Å². The molecule has 1 aromatic rings. The van der Waals surface area contributed by atoms with Gasteiger partial charge in [-0.3, -0.25) is 0 Å². The predicted molar refractivity (Wildman–Crippen MR) is 70.6 cm³/mol. The highest BCUT2D eigenvalue weighted by molar-refractivity contribution is 14.1. The molecule has 0 fully saturated rings. The number of para-hydroxylation sites is 1. The molecule has 1 rings (SSSR count). The molecule has 0 amide bonds. The first kappa shape index (κ1) is 23.9. The Bertz CT molecular complexity index is 682. The fraction of sp³-hybridized carbons (Fsp3) is 0.500. The summed E-state index contributed by atoms with van der Waals surface area (Å²) in [5.74, 6) is -32.3. The smallest absolute Gasteiger partial charge is 0.427 e. The van der Waals surface area contributed by atoms with Gasteiger partial charge in [0, 0.05) is 0 Å². The third kappa shape index (κ3) is 3.62. The normalized spacial score (nSPS) is 15.0. The highest BCUT2D eigenvalue weighted by atomic mass is 127. The molecule has 0 bridgehead atoms. The van der Waals surface area contributed by atoms with Crippen LogP contribution in [0, 0.1) is 3.57 Å². The lowest BCUT2D eigenvalue weighted by molar-refractivity contribution is -0.456. The average Bonchev–Trinajstić information content (AvgIpc) is 2.47. The molecule has 0 atom stereocenters. The molecule has 0 aliphatic rings. The van der Waals surface area contributed by atoms with Gasteiger partial charge in [-0.1, -0.05) is 12.1 Å². The monoisotopic (exact) mass is 538 g/mol. The van der Waals surface area contributed by atoms with Crippen molar-refractivity contribution in [2.75, 3.05) is 0 Å². The molecule has 0 N–H and O–H groups in total. The number of alkyl halides is 13. The van der Waals surface area contributed by atoms with Crippen molar-refractivity contribution in [3.05, 3.63) is 27.8 Å². The predicted octanol–water partition coefficient (Wildman–Crippen LogP) is 6.37. The molecule has 0 saturated carbocycles. The molecule has 15 heteroatoms. The van der Waals surface area contributed by atoms with Crippen LogP contribution in [0.5, 0.6) is 5.75 Å². The van der Waals surface area contributed by atoms with Crippen LogP contribution in [0.3, 0.4) is 0 Å². The van der Waals surface area contributed by atoms with Gasteiger partial charge in [0.2, 0.25) is 0 Å². The molecule has 27 heavy (non-hydrogen) atoms. The SMILES string of the molecule is FC(F)(F)C(F)(F)C(F)(F)C(F)(F)C(F)(F)C(F)(F)Oc1ccccc1I. The van der Waals surface area contributed by atoms with Gasteiger partial charge in [0.05, 0.1) is 3.57 Å². The number of benzene rings is 1. The van der Waals surface area contributed by atoms with E-state index in [1.54, 1.807) is 0 Å². The zero-order valence-corrected chi connectivity index (χ0v) is 14.2. The van der Waals surface area contributed by atoms with Crippen molar-refractivity contribution in [2.24, 2.45) is 0 Å². The van der Waals surface area contributed by atoms with E-state index in [4.69, 9.17) is 0 Å². The first-order valence-electron chi connectivity index (χ1n) is 6.13. The summed E-state index contributed by atoms with van der Waals surface area (Å²) in [6.45, 7) is 0. The first-order valence-corrected chi connectivity index (χ1v) is 7.21. The van der Waals surface area contributed by atoms with Gasteiger partial charge in [-0.15, -0.1) is 0 Å². The number of hydrogen-bond donors (Lipinski definition) is 0. The van der Waals surface area contributed by atoms with Gasteiger partial charge in [0.15, 0.2) is 0 Å². The van der Waals surface area contributed by atoms with Crippen LogP contribution < -0.4 is 4.74 Å². The maximum atomic E-state index is 13.5. The third-order valence-electron chi connectivity index (χ3n) is 2.98. The van der Waals surface area contributed by atoms with E-state index in [1.807, 2.05) is 0 Å². The van der Waals surface area contributed by atoms with Crippen molar-refractivity contribution in [1.29, 1.82) is 0 Å². The van der Waals surface area contributed by atoms with Gasteiger partial charge < -0.3 is 4.74 Å². The number of hydrogen-bond acceptors (Lipinski definition) is 1. The fourth-order valence-corrected chi connectivity index (χ4v) is 1.98. The minimum absolute atomic E-state index is 0.415. The third-order valence-corrected chi connectivity index (χ3v) is 3.87. The van der Waals surface area contributed by atoms with E-state index < -0.39 is 45.3 Å². The van der Waals surface area contributed by atoms with E-state index in [9.17, 15) is 57.1 Å². The van der Waals surface area contributed by atoms with Crippen molar-refractivity contribution in [2.45, 2.75) is 36.0 Å². The van der Waals surface area contributed by atoms with Crippen molar-refractivity contribution < 1.29 is 61.8 Å². The van der Waals surface area contributed by atoms with Crippen LogP contribution in [0.15, 0.2) is 24.3 Å². The lowest BCUT2D eigenvalue weighted by atomic mass is 9.97. The van der Waals surface area contributed by atoms with Crippen LogP contribution in [0.1, 0.15) is 0 Å². The Morgan fingerprint density at radius 1 is 0.593 bits per heavy atom. The van der Waals surface area contributed by atoms with Gasteiger partial charge in [0.25, 0.3) is 0 Å². The second kappa shape index (κ2) is 6.72. The van der Waals surface area contributed by atoms with E-state index in [0.717, 1.165) is 18.2 Å². The highest BCUT2D eigenvalue weighted by Crippen LogP contribution is 2.60. The minimum atomic E-state index is -7.95. The van der Waals surface area contributed by atoms with E-state index in [1.165, 1.54) is 22.6 Å². The van der Waals surface area contributed by atoms with E-state index >= 15 is 0 Å². The maximum absolute atomic E-state index is 13.5. The molecule has 0 aliphatic heterocycles. The molecule has 0 radical (unpaired) electrons. The van der Waals surface area contributed by atoms with E-state index in [-0.39, 0.29) is 0 Å². The molecule has 0 spiro atoms. The molecule has 1 nitrogen and oxygen atoms in total. The Morgan fingerprint density at radius 2 is 1.00 bits per heavy atom. The number of ether oxygens (including phenoxy) is 1. The van der Waals surface area contributed by atoms with Gasteiger partial charge in [-0.2, -0.15) is 57.1 Å². The molecule has 1 aromatic carbocycles. The Morgan fingerprint density at radius 3 is 1.41 bits per heavy atom. The van der Waals surface area contributed by atoms with Crippen LogP contribution in [0.4, 0.5) is 57.1 Å². The maximum Gasteiger partial charge on any atom is 0.471 e. The molecule has 0 unspecified atom stereocenters. The summed E-state index contributed by atoms with van der Waals surface area (Å²) in [5.41, 5.74) is 0. The largest absolute Gasteiger partial charge is 0.471 e. The summed E-state index contributed by atoms with van der Waals surface area (Å²) < 4.78 is 170. The van der Waals surface area contributed by atoms with Crippen LogP contribution in [0.2, 0.25) is 0 Å². The topological polar surface area (TPSA) is 9.23 Å². The van der Waals surface area contributed by atoms with E-state index in [0.29, 0.717) is 6.07 Å². The van der Waals surface area contributed by atoms with Crippen molar-refractivity contribution >= 4 is 22.6 Å². The highest BCUT2D eigenvalue weighted by Gasteiger charge is 2.91. The van der Waals surface area contributed by atoms with Gasteiger partial charge in [0.1, 0.15) is 5.75 Å². The standard InChI is InChI=1S/C12H4F13IO/c13-7(14,9(17,18)11(21,22)23)8(15,16)10(19,20)12(24,25)27-6-4-2-1-3-5(6)26/h1-4H. The lowest BCUT2D eigenvalue weighted by Crippen LogP contribution is -2.70. The Kier molecular flexibility index (Phi) is 5.94. The number of halogens is 14. The average molecular weight is 538 g/mol. The van der Waals surface area contributed by atoms with Crippen LogP contribution in [0.25, 0.3) is 0 Å². The summed E-state index contributed by atoms with van der Waals surface area (Å²) >= 11 is 1.18. The molecule has 0 aliphatic carbocycles. The van der Waals surface area contributed by atoms with Crippen molar-refractivity contribution in [3.63, 3.8) is 0 Å². The zero-order valence-electron chi connectivity index (χ0n) is 12.0. The molecule has 0 heterocycles. The van der Waals surface area contributed by atoms with E-state index in [2.05, 4.69) is 4.74 Å². The molecule has 0 saturated heterocycles. The second-order valence-electron chi connectivity index (χ2n) is 4.84. The lowest BCUT2D eigenvalue weighted by Gasteiger charge is -2.39. The van der Waals surface area contributed by atoms with Crippen LogP contribution in [-0.4, -0.2) is 36.0 Å². The Hall–Kier alpha value is -1.16. The minimum Gasteiger partial charge on any atom is -0.427 e. The quantitative estimate of drug-likeness (QED) is 0.303. The van der Waals surface area contributed by atoms with Crippen LogP contribution >= 0.6 is 22.6 Å². The van der Waals surface area contributed by atoms with Crippen LogP contribution in [-0.2, 0) is 0 Å². The Balaban J connectivity index is 3.43. The number of rotatable bonds is 6. The summed E-state index contributed by atoms with van der Waals surface area (Å²) in [6, 6.07) is 3.44. The molecular weight excluding hydrogens is 534 g/mol. The van der Waals surface area contributed by atoms with Gasteiger partial charge in [-0.25, -0.2) is 0 Å². The first-order chi connectivity index (χ1) is 11.7. The summed E-state index contributed by atoms with van der Waals surface area (Å²) in [7, 11) is 0.